The summed E-state index contributed by atoms with van der Waals surface area (Å²) in [6.45, 7) is 1.52. The molecule has 0 spiro atoms. The lowest BCUT2D eigenvalue weighted by Gasteiger charge is -2.17. The Kier molecular flexibility index (Phi) is 4.15. The number of nitrogens with one attached hydrogen (secondary N) is 1. The Morgan fingerprint density at radius 1 is 1.33 bits per heavy atom. The van der Waals surface area contributed by atoms with Crippen LogP contribution in [0.3, 0.4) is 0 Å². The molecule has 1 N–H and O–H groups in total. The summed E-state index contributed by atoms with van der Waals surface area (Å²) in [5.74, 6) is 0. The summed E-state index contributed by atoms with van der Waals surface area (Å²) >= 11 is 1.54. The van der Waals surface area contributed by atoms with Crippen LogP contribution >= 0.6 is 22.6 Å². The van der Waals surface area contributed by atoms with Gasteiger partial charge in [-0.15, -0.1) is 0 Å². The van der Waals surface area contributed by atoms with E-state index in [1.165, 1.54) is 42.7 Å². The molecule has 5 nitrogen and oxygen atoms in total. The van der Waals surface area contributed by atoms with Crippen LogP contribution in [-0.4, -0.2) is 16.7 Å². The summed E-state index contributed by atoms with van der Waals surface area (Å²) < 4.78 is 44.6. The predicted octanol–water partition coefficient (Wildman–Crippen LogP) is 2.48. The minimum Gasteiger partial charge on any atom is -0.361 e. The first-order valence-electron chi connectivity index (χ1n) is 5.75. The van der Waals surface area contributed by atoms with Gasteiger partial charge in [0.2, 0.25) is 0 Å². The minimum atomic E-state index is -4.55. The Labute approximate surface area is 129 Å². The zero-order valence-corrected chi connectivity index (χ0v) is 13.1. The van der Waals surface area contributed by atoms with E-state index in [1.54, 1.807) is 0 Å². The van der Waals surface area contributed by atoms with Gasteiger partial charge >= 0.3 is 17.3 Å². The Morgan fingerprint density at radius 2 is 1.95 bits per heavy atom. The summed E-state index contributed by atoms with van der Waals surface area (Å²) in [4.78, 5) is 25.7. The van der Waals surface area contributed by atoms with Crippen LogP contribution in [0.4, 0.5) is 13.2 Å². The van der Waals surface area contributed by atoms with Gasteiger partial charge in [-0.2, -0.15) is 13.2 Å². The highest BCUT2D eigenvalue weighted by atomic mass is 127. The van der Waals surface area contributed by atoms with Crippen LogP contribution in [0.5, 0.6) is 0 Å². The quantitative estimate of drug-likeness (QED) is 0.607. The molecular weight excluding hydrogens is 404 g/mol. The lowest BCUT2D eigenvalue weighted by Crippen LogP contribution is -2.38. The number of rotatable bonds is 2. The standard InChI is InChI=1S/C12H10F3IN2O3/c1-5(21-2)18-9-4-7(16)6(12(13,14)15)3-8(9)17-10(19)11(18)20/h3-5H,1-2H3,(H,17,19). The molecule has 0 aliphatic heterocycles. The van der Waals surface area contributed by atoms with Gasteiger partial charge in [-0.3, -0.25) is 14.2 Å². The lowest BCUT2D eigenvalue weighted by molar-refractivity contribution is -0.138. The lowest BCUT2D eigenvalue weighted by atomic mass is 10.2. The van der Waals surface area contributed by atoms with Crippen LogP contribution in [-0.2, 0) is 10.9 Å². The average Bonchev–Trinajstić information content (AvgIpc) is 2.38. The van der Waals surface area contributed by atoms with E-state index in [1.807, 2.05) is 0 Å². The van der Waals surface area contributed by atoms with Gasteiger partial charge in [-0.1, -0.05) is 0 Å². The van der Waals surface area contributed by atoms with Gasteiger partial charge < -0.3 is 9.72 Å². The number of methoxy groups -OCH3 is 1. The van der Waals surface area contributed by atoms with Crippen molar-refractivity contribution in [2.24, 2.45) is 0 Å². The molecule has 114 valence electrons. The topological polar surface area (TPSA) is 64.1 Å². The molecule has 0 saturated heterocycles. The number of aromatic amines is 1. The first-order valence-corrected chi connectivity index (χ1v) is 6.82. The zero-order valence-electron chi connectivity index (χ0n) is 10.9. The van der Waals surface area contributed by atoms with Crippen molar-refractivity contribution < 1.29 is 17.9 Å². The molecule has 0 bridgehead atoms. The third-order valence-corrected chi connectivity index (χ3v) is 3.91. The highest BCUT2D eigenvalue weighted by molar-refractivity contribution is 14.1. The van der Waals surface area contributed by atoms with Crippen LogP contribution in [0, 0.1) is 3.57 Å². The highest BCUT2D eigenvalue weighted by Gasteiger charge is 2.33. The molecule has 1 atom stereocenters. The molecule has 1 unspecified atom stereocenters. The van der Waals surface area contributed by atoms with Crippen LogP contribution in [0.2, 0.25) is 0 Å². The molecule has 2 rings (SSSR count). The van der Waals surface area contributed by atoms with Crippen molar-refractivity contribution in [1.82, 2.24) is 9.55 Å². The second-order valence-corrected chi connectivity index (χ2v) is 5.47. The fraction of sp³-hybridized carbons (Fsp3) is 0.333. The molecule has 0 amide bonds. The largest absolute Gasteiger partial charge is 0.417 e. The van der Waals surface area contributed by atoms with Gasteiger partial charge in [0.25, 0.3) is 0 Å². The maximum atomic E-state index is 12.9. The fourth-order valence-corrected chi connectivity index (χ4v) is 2.70. The Bertz CT molecular complexity index is 810. The molecule has 21 heavy (non-hydrogen) atoms. The third kappa shape index (κ3) is 2.84. The third-order valence-electron chi connectivity index (χ3n) is 3.02. The number of aromatic nitrogens is 2. The van der Waals surface area contributed by atoms with E-state index in [0.29, 0.717) is 0 Å². The summed E-state index contributed by atoms with van der Waals surface area (Å²) in [6.07, 6.45) is -5.33. The molecule has 0 radical (unpaired) electrons. The minimum absolute atomic E-state index is 0.0729. The summed E-state index contributed by atoms with van der Waals surface area (Å²) in [6, 6.07) is 2.02. The molecule has 0 saturated carbocycles. The molecule has 1 aromatic carbocycles. The van der Waals surface area contributed by atoms with Gasteiger partial charge in [0.1, 0.15) is 6.23 Å². The van der Waals surface area contributed by atoms with Crippen molar-refractivity contribution >= 4 is 33.6 Å². The number of ether oxygens (including phenoxy) is 1. The van der Waals surface area contributed by atoms with E-state index in [4.69, 9.17) is 4.74 Å². The van der Waals surface area contributed by atoms with E-state index in [0.717, 1.165) is 10.6 Å². The molecule has 9 heteroatoms. The molecule has 0 aliphatic rings. The van der Waals surface area contributed by atoms with E-state index < -0.39 is 29.1 Å². The fourth-order valence-electron chi connectivity index (χ4n) is 1.94. The van der Waals surface area contributed by atoms with Crippen LogP contribution in [0.15, 0.2) is 21.7 Å². The van der Waals surface area contributed by atoms with Gasteiger partial charge in [0.05, 0.1) is 16.6 Å². The number of hydrogen-bond acceptors (Lipinski definition) is 3. The maximum Gasteiger partial charge on any atom is 0.417 e. The molecular formula is C12H10F3IN2O3. The number of H-pyrrole nitrogens is 1. The van der Waals surface area contributed by atoms with Crippen LogP contribution in [0.1, 0.15) is 18.7 Å². The van der Waals surface area contributed by atoms with Crippen molar-refractivity contribution in [3.05, 3.63) is 42.0 Å². The number of halogens is 4. The number of hydrogen-bond donors (Lipinski definition) is 1. The van der Waals surface area contributed by atoms with E-state index in [9.17, 15) is 22.8 Å². The number of nitrogens with zero attached hydrogens (tertiary/aromatic N) is 1. The van der Waals surface area contributed by atoms with Gasteiger partial charge in [0, 0.05) is 10.7 Å². The van der Waals surface area contributed by atoms with Crippen molar-refractivity contribution in [3.63, 3.8) is 0 Å². The van der Waals surface area contributed by atoms with E-state index in [-0.39, 0.29) is 14.6 Å². The van der Waals surface area contributed by atoms with E-state index >= 15 is 0 Å². The second-order valence-electron chi connectivity index (χ2n) is 4.31. The zero-order chi connectivity index (χ0) is 15.9. The number of alkyl halides is 3. The maximum absolute atomic E-state index is 12.9. The van der Waals surface area contributed by atoms with Crippen molar-refractivity contribution in [2.45, 2.75) is 19.3 Å². The Morgan fingerprint density at radius 3 is 2.48 bits per heavy atom. The Hall–Kier alpha value is -1.36. The summed E-state index contributed by atoms with van der Waals surface area (Å²) in [5, 5.41) is 0. The van der Waals surface area contributed by atoms with E-state index in [2.05, 4.69) is 4.98 Å². The SMILES string of the molecule is COC(C)n1c(=O)c(=O)[nH]c2cc(C(F)(F)F)c(I)cc21. The van der Waals surface area contributed by atoms with Gasteiger partial charge in [-0.05, 0) is 41.6 Å². The number of benzene rings is 1. The summed E-state index contributed by atoms with van der Waals surface area (Å²) in [5.41, 5.74) is -2.66. The smallest absolute Gasteiger partial charge is 0.361 e. The van der Waals surface area contributed by atoms with Gasteiger partial charge in [0.15, 0.2) is 0 Å². The number of fused-ring (bicyclic) bond motifs is 1. The monoisotopic (exact) mass is 414 g/mol. The Balaban J connectivity index is 2.93. The highest BCUT2D eigenvalue weighted by Crippen LogP contribution is 2.34. The normalized spacial score (nSPS) is 13.6. The first kappa shape index (κ1) is 16.0. The molecule has 0 aliphatic carbocycles. The summed E-state index contributed by atoms with van der Waals surface area (Å²) in [7, 11) is 1.33. The molecule has 0 fully saturated rings. The second kappa shape index (κ2) is 5.44. The molecule has 1 heterocycles. The van der Waals surface area contributed by atoms with Gasteiger partial charge in [-0.25, -0.2) is 0 Å². The first-order chi connectivity index (χ1) is 9.66. The molecule has 1 aromatic heterocycles. The van der Waals surface area contributed by atoms with Crippen molar-refractivity contribution in [3.8, 4) is 0 Å². The van der Waals surface area contributed by atoms with Crippen molar-refractivity contribution in [1.29, 1.82) is 0 Å². The predicted molar refractivity (Wildman–Crippen MR) is 78.3 cm³/mol. The molecule has 2 aromatic rings. The van der Waals surface area contributed by atoms with Crippen LogP contribution < -0.4 is 11.1 Å². The average molecular weight is 414 g/mol. The van der Waals surface area contributed by atoms with Crippen LogP contribution in [0.25, 0.3) is 11.0 Å². The van der Waals surface area contributed by atoms with Crippen molar-refractivity contribution in [2.75, 3.05) is 7.11 Å².